The Balaban J connectivity index is 1.65. The highest BCUT2D eigenvalue weighted by atomic mass is 32.1. The van der Waals surface area contributed by atoms with Crippen molar-refractivity contribution in [2.45, 2.75) is 44.7 Å². The van der Waals surface area contributed by atoms with E-state index in [4.69, 9.17) is 0 Å². The van der Waals surface area contributed by atoms with Crippen molar-refractivity contribution in [2.75, 3.05) is 0 Å². The number of nitrogens with one attached hydrogen (secondary N) is 2. The number of aryl methyl sites for hydroxylation is 1. The first kappa shape index (κ1) is 15.1. The normalized spacial score (nSPS) is 18.5. The maximum atomic E-state index is 12.3. The molecule has 6 heteroatoms. The molecule has 2 aromatic rings. The number of aromatic nitrogens is 2. The first-order chi connectivity index (χ1) is 10.7. The summed E-state index contributed by atoms with van der Waals surface area (Å²) < 4.78 is 1.92. The second kappa shape index (κ2) is 6.52. The number of hydrogen-bond donors (Lipinski definition) is 2. The van der Waals surface area contributed by atoms with Gasteiger partial charge in [-0.1, -0.05) is 13.0 Å². The molecule has 3 rings (SSSR count). The van der Waals surface area contributed by atoms with E-state index >= 15 is 0 Å². The molecule has 2 unspecified atom stereocenters. The molecule has 1 aliphatic carbocycles. The molecule has 2 aromatic heterocycles. The monoisotopic (exact) mass is 318 g/mol. The van der Waals surface area contributed by atoms with E-state index in [1.54, 1.807) is 11.3 Å². The van der Waals surface area contributed by atoms with Crippen LogP contribution in [0, 0.1) is 0 Å². The van der Waals surface area contributed by atoms with Crippen LogP contribution in [-0.2, 0) is 13.5 Å². The summed E-state index contributed by atoms with van der Waals surface area (Å²) in [7, 11) is 1.96. The van der Waals surface area contributed by atoms with Gasteiger partial charge in [-0.3, -0.25) is 4.68 Å². The number of hydrogen-bond acceptors (Lipinski definition) is 3. The molecule has 0 aromatic carbocycles. The van der Waals surface area contributed by atoms with Crippen LogP contribution >= 0.6 is 11.3 Å². The predicted octanol–water partition coefficient (Wildman–Crippen LogP) is 3.31. The molecule has 118 valence electrons. The van der Waals surface area contributed by atoms with Gasteiger partial charge in [0.15, 0.2) is 0 Å². The second-order valence-corrected chi connectivity index (χ2v) is 6.69. The van der Waals surface area contributed by atoms with Gasteiger partial charge in [-0.05, 0) is 37.1 Å². The van der Waals surface area contributed by atoms with Crippen LogP contribution in [0.1, 0.15) is 54.4 Å². The number of rotatable bonds is 4. The Hall–Kier alpha value is -1.82. The van der Waals surface area contributed by atoms with Gasteiger partial charge in [0, 0.05) is 23.2 Å². The summed E-state index contributed by atoms with van der Waals surface area (Å²) in [6.45, 7) is 2.09. The third kappa shape index (κ3) is 3.02. The number of fused-ring (bicyclic) bond motifs is 1. The fourth-order valence-electron chi connectivity index (χ4n) is 3.08. The van der Waals surface area contributed by atoms with Gasteiger partial charge in [-0.2, -0.15) is 5.10 Å². The molecule has 0 bridgehead atoms. The van der Waals surface area contributed by atoms with Gasteiger partial charge in [-0.15, -0.1) is 11.3 Å². The van der Waals surface area contributed by atoms with Crippen LogP contribution in [0.15, 0.2) is 23.7 Å². The molecule has 2 N–H and O–H groups in total. The quantitative estimate of drug-likeness (QED) is 0.908. The van der Waals surface area contributed by atoms with Crippen molar-refractivity contribution in [3.63, 3.8) is 0 Å². The summed E-state index contributed by atoms with van der Waals surface area (Å²) in [4.78, 5) is 13.5. The molecule has 0 radical (unpaired) electrons. The third-order valence-electron chi connectivity index (χ3n) is 4.28. The second-order valence-electron chi connectivity index (χ2n) is 5.71. The molecule has 0 fully saturated rings. The Morgan fingerprint density at radius 3 is 3.18 bits per heavy atom. The van der Waals surface area contributed by atoms with Gasteiger partial charge < -0.3 is 10.6 Å². The summed E-state index contributed by atoms with van der Waals surface area (Å²) in [6.07, 6.45) is 5.87. The van der Waals surface area contributed by atoms with Gasteiger partial charge in [0.1, 0.15) is 0 Å². The minimum atomic E-state index is -0.0954. The van der Waals surface area contributed by atoms with Gasteiger partial charge >= 0.3 is 6.03 Å². The Morgan fingerprint density at radius 1 is 1.59 bits per heavy atom. The number of amides is 2. The largest absolute Gasteiger partial charge is 0.331 e. The van der Waals surface area contributed by atoms with E-state index in [-0.39, 0.29) is 18.1 Å². The summed E-state index contributed by atoms with van der Waals surface area (Å²) in [5.41, 5.74) is 2.40. The summed E-state index contributed by atoms with van der Waals surface area (Å²) >= 11 is 1.68. The molecule has 22 heavy (non-hydrogen) atoms. The van der Waals surface area contributed by atoms with E-state index in [1.807, 2.05) is 29.4 Å². The zero-order valence-electron chi connectivity index (χ0n) is 13.0. The van der Waals surface area contributed by atoms with Gasteiger partial charge in [0.2, 0.25) is 0 Å². The Morgan fingerprint density at radius 2 is 2.45 bits per heavy atom. The summed E-state index contributed by atoms with van der Waals surface area (Å²) in [5, 5.41) is 12.6. The molecule has 2 heterocycles. The average Bonchev–Trinajstić information content (AvgIpc) is 3.16. The number of thiophene rings is 1. The Bertz CT molecular complexity index is 635. The maximum absolute atomic E-state index is 12.3. The van der Waals surface area contributed by atoms with Crippen LogP contribution in [0.3, 0.4) is 0 Å². The molecular formula is C16H22N4OS. The fourth-order valence-corrected chi connectivity index (χ4v) is 3.94. The van der Waals surface area contributed by atoms with E-state index in [0.717, 1.165) is 31.2 Å². The minimum Gasteiger partial charge on any atom is -0.331 e. The lowest BCUT2D eigenvalue weighted by atomic mass is 9.93. The molecule has 0 aliphatic heterocycles. The first-order valence-electron chi connectivity index (χ1n) is 7.80. The van der Waals surface area contributed by atoms with Crippen LogP contribution in [0.4, 0.5) is 4.79 Å². The molecule has 2 atom stereocenters. The topological polar surface area (TPSA) is 59.0 Å². The van der Waals surface area contributed by atoms with Crippen LogP contribution in [0.5, 0.6) is 0 Å². The number of carbonyl (C=O) groups excluding carboxylic acids is 1. The first-order valence-corrected chi connectivity index (χ1v) is 8.68. The third-order valence-corrected chi connectivity index (χ3v) is 5.27. The zero-order valence-corrected chi connectivity index (χ0v) is 13.8. The molecule has 5 nitrogen and oxygen atoms in total. The molecule has 0 spiro atoms. The van der Waals surface area contributed by atoms with Crippen LogP contribution in [0.25, 0.3) is 0 Å². The minimum absolute atomic E-state index is 0.0679. The Kier molecular flexibility index (Phi) is 4.47. The van der Waals surface area contributed by atoms with Crippen molar-refractivity contribution in [3.05, 3.63) is 39.8 Å². The molecule has 0 saturated heterocycles. The Labute approximate surface area is 134 Å². The SMILES string of the molecule is CCC(NC(=O)NC1CCCc2c1cnn2C)c1cccs1. The van der Waals surface area contributed by atoms with Crippen molar-refractivity contribution in [2.24, 2.45) is 7.05 Å². The maximum Gasteiger partial charge on any atom is 0.315 e. The number of carbonyl (C=O) groups is 1. The molecule has 0 saturated carbocycles. The van der Waals surface area contributed by atoms with Crippen LogP contribution < -0.4 is 10.6 Å². The van der Waals surface area contributed by atoms with Crippen molar-refractivity contribution in [3.8, 4) is 0 Å². The average molecular weight is 318 g/mol. The van der Waals surface area contributed by atoms with E-state index in [2.05, 4.69) is 28.7 Å². The smallest absolute Gasteiger partial charge is 0.315 e. The van der Waals surface area contributed by atoms with Crippen LogP contribution in [0.2, 0.25) is 0 Å². The zero-order chi connectivity index (χ0) is 15.5. The van der Waals surface area contributed by atoms with E-state index in [0.29, 0.717) is 0 Å². The highest BCUT2D eigenvalue weighted by molar-refractivity contribution is 7.10. The summed E-state index contributed by atoms with van der Waals surface area (Å²) in [6, 6.07) is 4.14. The van der Waals surface area contributed by atoms with Crippen molar-refractivity contribution < 1.29 is 4.79 Å². The molecular weight excluding hydrogens is 296 g/mol. The van der Waals surface area contributed by atoms with Gasteiger partial charge in [0.25, 0.3) is 0 Å². The number of urea groups is 1. The van der Waals surface area contributed by atoms with Crippen LogP contribution in [-0.4, -0.2) is 15.8 Å². The highest BCUT2D eigenvalue weighted by Gasteiger charge is 2.25. The lowest BCUT2D eigenvalue weighted by molar-refractivity contribution is 0.231. The number of nitrogens with zero attached hydrogens (tertiary/aromatic N) is 2. The van der Waals surface area contributed by atoms with E-state index in [1.165, 1.54) is 10.6 Å². The highest BCUT2D eigenvalue weighted by Crippen LogP contribution is 2.29. The van der Waals surface area contributed by atoms with E-state index in [9.17, 15) is 4.79 Å². The van der Waals surface area contributed by atoms with Gasteiger partial charge in [0.05, 0.1) is 18.3 Å². The van der Waals surface area contributed by atoms with Crippen molar-refractivity contribution in [1.29, 1.82) is 0 Å². The lowest BCUT2D eigenvalue weighted by Crippen LogP contribution is -2.40. The standard InChI is InChI=1S/C16H22N4OS/c1-3-12(15-8-5-9-22-15)18-16(21)19-13-6-4-7-14-11(13)10-17-20(14)2/h5,8-10,12-13H,3-4,6-7H2,1-2H3,(H2,18,19,21). The van der Waals surface area contributed by atoms with Crippen molar-refractivity contribution in [1.82, 2.24) is 20.4 Å². The fraction of sp³-hybridized carbons (Fsp3) is 0.500. The van der Waals surface area contributed by atoms with Crippen molar-refractivity contribution >= 4 is 17.4 Å². The molecule has 1 aliphatic rings. The van der Waals surface area contributed by atoms with Gasteiger partial charge in [-0.25, -0.2) is 4.79 Å². The lowest BCUT2D eigenvalue weighted by Gasteiger charge is -2.25. The summed E-state index contributed by atoms with van der Waals surface area (Å²) in [5.74, 6) is 0. The predicted molar refractivity (Wildman–Crippen MR) is 87.9 cm³/mol. The molecule has 2 amide bonds. The van der Waals surface area contributed by atoms with E-state index < -0.39 is 0 Å².